The molecule has 3 aromatic rings. The third-order valence-electron chi connectivity index (χ3n) is 4.61. The molecule has 1 aliphatic heterocycles. The van der Waals surface area contributed by atoms with Crippen LogP contribution in [-0.4, -0.2) is 18.4 Å². The van der Waals surface area contributed by atoms with Gasteiger partial charge in [-0.25, -0.2) is 4.98 Å². The van der Waals surface area contributed by atoms with Crippen LogP contribution < -0.4 is 19.5 Å². The minimum Gasteiger partial charge on any atom is -0.494 e. The van der Waals surface area contributed by atoms with E-state index in [0.717, 1.165) is 52.9 Å². The van der Waals surface area contributed by atoms with Crippen molar-refractivity contribution in [3.63, 3.8) is 0 Å². The molecule has 1 aromatic heterocycles. The smallest absolute Gasteiger partial charge is 0.231 e. The fourth-order valence-electron chi connectivity index (χ4n) is 3.04. The third-order valence-corrected chi connectivity index (χ3v) is 4.61. The van der Waals surface area contributed by atoms with Gasteiger partial charge in [-0.2, -0.15) is 0 Å². The summed E-state index contributed by atoms with van der Waals surface area (Å²) in [6, 6.07) is 17.9. The van der Waals surface area contributed by atoms with Gasteiger partial charge >= 0.3 is 0 Å². The maximum atomic E-state index is 5.75. The first-order valence-corrected chi connectivity index (χ1v) is 9.68. The Hall–Kier alpha value is -3.21. The number of ether oxygens (including phenoxy) is 3. The van der Waals surface area contributed by atoms with Crippen LogP contribution in [0.15, 0.2) is 60.8 Å². The van der Waals surface area contributed by atoms with Crippen LogP contribution in [0.25, 0.3) is 11.1 Å². The van der Waals surface area contributed by atoms with E-state index in [1.54, 1.807) is 0 Å². The zero-order chi connectivity index (χ0) is 19.2. The number of hydrogen-bond donors (Lipinski definition) is 1. The lowest BCUT2D eigenvalue weighted by Crippen LogP contribution is -1.97. The summed E-state index contributed by atoms with van der Waals surface area (Å²) in [5.74, 6) is 3.25. The number of hydrogen-bond acceptors (Lipinski definition) is 5. The molecule has 0 bridgehead atoms. The second-order valence-electron chi connectivity index (χ2n) is 6.71. The number of unbranched alkanes of at least 4 members (excludes halogenated alkanes) is 2. The van der Waals surface area contributed by atoms with E-state index in [9.17, 15) is 0 Å². The summed E-state index contributed by atoms with van der Waals surface area (Å²) in [5.41, 5.74) is 3.05. The average Bonchev–Trinajstić information content (AvgIpc) is 3.21. The van der Waals surface area contributed by atoms with E-state index in [4.69, 9.17) is 14.2 Å². The molecule has 28 heavy (non-hydrogen) atoms. The van der Waals surface area contributed by atoms with Crippen LogP contribution >= 0.6 is 0 Å². The number of benzene rings is 2. The van der Waals surface area contributed by atoms with Crippen LogP contribution in [0.1, 0.15) is 26.2 Å². The van der Waals surface area contributed by atoms with Crippen LogP contribution in [0.2, 0.25) is 0 Å². The number of pyridine rings is 1. The van der Waals surface area contributed by atoms with Crippen molar-refractivity contribution in [1.82, 2.24) is 4.98 Å². The van der Waals surface area contributed by atoms with Crippen LogP contribution in [0.4, 0.5) is 11.5 Å². The standard InChI is InChI=1S/C23H24N2O3/c1-2-3-4-13-26-20-9-7-19(8-10-20)25-23-12-6-18(15-24-23)17-5-11-21-22(14-17)28-16-27-21/h5-12,14-15H,2-4,13,16H2,1H3,(H,24,25). The number of nitrogens with zero attached hydrogens (tertiary/aromatic N) is 1. The van der Waals surface area contributed by atoms with Gasteiger partial charge in [-0.1, -0.05) is 25.8 Å². The Kier molecular flexibility index (Phi) is 5.61. The molecule has 0 amide bonds. The highest BCUT2D eigenvalue weighted by atomic mass is 16.7. The second kappa shape index (κ2) is 8.65. The first kappa shape index (κ1) is 18.2. The Morgan fingerprint density at radius 2 is 1.75 bits per heavy atom. The van der Waals surface area contributed by atoms with Gasteiger partial charge in [-0.3, -0.25) is 0 Å². The van der Waals surface area contributed by atoms with Gasteiger partial charge < -0.3 is 19.5 Å². The van der Waals surface area contributed by atoms with Crippen molar-refractivity contribution in [3.05, 3.63) is 60.8 Å². The fraction of sp³-hybridized carbons (Fsp3) is 0.261. The third kappa shape index (κ3) is 4.36. The predicted molar refractivity (Wildman–Crippen MR) is 111 cm³/mol. The largest absolute Gasteiger partial charge is 0.494 e. The summed E-state index contributed by atoms with van der Waals surface area (Å²) in [5, 5.41) is 3.32. The minimum absolute atomic E-state index is 0.280. The van der Waals surface area contributed by atoms with Crippen molar-refractivity contribution < 1.29 is 14.2 Å². The Bertz CT molecular complexity index is 908. The monoisotopic (exact) mass is 376 g/mol. The summed E-state index contributed by atoms with van der Waals surface area (Å²) in [6.45, 7) is 3.24. The van der Waals surface area contributed by atoms with Crippen LogP contribution in [0, 0.1) is 0 Å². The molecule has 144 valence electrons. The van der Waals surface area contributed by atoms with E-state index in [0.29, 0.717) is 0 Å². The van der Waals surface area contributed by atoms with E-state index < -0.39 is 0 Å². The molecular weight excluding hydrogens is 352 g/mol. The Labute approximate surface area is 165 Å². The molecule has 4 rings (SSSR count). The normalized spacial score (nSPS) is 12.0. The number of fused-ring (bicyclic) bond motifs is 1. The van der Waals surface area contributed by atoms with Crippen molar-refractivity contribution in [2.24, 2.45) is 0 Å². The topological polar surface area (TPSA) is 52.6 Å². The highest BCUT2D eigenvalue weighted by molar-refractivity contribution is 5.68. The lowest BCUT2D eigenvalue weighted by molar-refractivity contribution is 0.174. The van der Waals surface area contributed by atoms with E-state index in [2.05, 4.69) is 17.2 Å². The SMILES string of the molecule is CCCCCOc1ccc(Nc2ccc(-c3ccc4c(c3)OCO4)cn2)cc1. The number of rotatable bonds is 8. The molecule has 0 fully saturated rings. The first-order chi connectivity index (χ1) is 13.8. The number of anilines is 2. The summed E-state index contributed by atoms with van der Waals surface area (Å²) >= 11 is 0. The first-order valence-electron chi connectivity index (χ1n) is 9.68. The van der Waals surface area contributed by atoms with Gasteiger partial charge in [0.05, 0.1) is 6.61 Å². The van der Waals surface area contributed by atoms with Crippen LogP contribution in [0.3, 0.4) is 0 Å². The second-order valence-corrected chi connectivity index (χ2v) is 6.71. The fourth-order valence-corrected chi connectivity index (χ4v) is 3.04. The molecule has 1 aliphatic rings. The minimum atomic E-state index is 0.280. The maximum Gasteiger partial charge on any atom is 0.231 e. The molecule has 0 aliphatic carbocycles. The molecule has 5 nitrogen and oxygen atoms in total. The molecule has 0 radical (unpaired) electrons. The van der Waals surface area contributed by atoms with Crippen LogP contribution in [-0.2, 0) is 0 Å². The maximum absolute atomic E-state index is 5.75. The van der Waals surface area contributed by atoms with Gasteiger partial charge in [0.1, 0.15) is 11.6 Å². The Morgan fingerprint density at radius 3 is 2.54 bits per heavy atom. The highest BCUT2D eigenvalue weighted by Crippen LogP contribution is 2.35. The molecule has 0 saturated carbocycles. The zero-order valence-corrected chi connectivity index (χ0v) is 16.0. The molecule has 5 heteroatoms. The lowest BCUT2D eigenvalue weighted by Gasteiger charge is -2.09. The van der Waals surface area contributed by atoms with Crippen molar-refractivity contribution in [1.29, 1.82) is 0 Å². The van der Waals surface area contributed by atoms with Gasteiger partial charge in [-0.05, 0) is 60.5 Å². The van der Waals surface area contributed by atoms with Gasteiger partial charge in [0.25, 0.3) is 0 Å². The summed E-state index contributed by atoms with van der Waals surface area (Å²) in [4.78, 5) is 4.52. The molecule has 0 atom stereocenters. The zero-order valence-electron chi connectivity index (χ0n) is 16.0. The van der Waals surface area contributed by atoms with E-state index in [1.165, 1.54) is 12.8 Å². The summed E-state index contributed by atoms with van der Waals surface area (Å²) in [6.07, 6.45) is 5.35. The molecular formula is C23H24N2O3. The van der Waals surface area contributed by atoms with Gasteiger partial charge in [0.15, 0.2) is 11.5 Å². The molecule has 2 aromatic carbocycles. The van der Waals surface area contributed by atoms with Crippen molar-refractivity contribution in [2.45, 2.75) is 26.2 Å². The van der Waals surface area contributed by atoms with E-state index >= 15 is 0 Å². The van der Waals surface area contributed by atoms with E-state index in [1.807, 2.05) is 60.8 Å². The van der Waals surface area contributed by atoms with Gasteiger partial charge in [0, 0.05) is 17.4 Å². The highest BCUT2D eigenvalue weighted by Gasteiger charge is 2.13. The van der Waals surface area contributed by atoms with Gasteiger partial charge in [-0.15, -0.1) is 0 Å². The molecule has 0 spiro atoms. The quantitative estimate of drug-likeness (QED) is 0.504. The summed E-state index contributed by atoms with van der Waals surface area (Å²) < 4.78 is 16.6. The lowest BCUT2D eigenvalue weighted by atomic mass is 10.1. The molecule has 0 saturated heterocycles. The number of nitrogens with one attached hydrogen (secondary N) is 1. The Balaban J connectivity index is 1.36. The van der Waals surface area contributed by atoms with Crippen molar-refractivity contribution >= 4 is 11.5 Å². The molecule has 2 heterocycles. The number of aromatic nitrogens is 1. The van der Waals surface area contributed by atoms with Crippen molar-refractivity contribution in [3.8, 4) is 28.4 Å². The van der Waals surface area contributed by atoms with Crippen molar-refractivity contribution in [2.75, 3.05) is 18.7 Å². The van der Waals surface area contributed by atoms with E-state index in [-0.39, 0.29) is 6.79 Å². The average molecular weight is 376 g/mol. The predicted octanol–water partition coefficient (Wildman–Crippen LogP) is 5.79. The van der Waals surface area contributed by atoms with Gasteiger partial charge in [0.2, 0.25) is 6.79 Å². The molecule has 1 N–H and O–H groups in total. The summed E-state index contributed by atoms with van der Waals surface area (Å²) in [7, 11) is 0. The van der Waals surface area contributed by atoms with Crippen LogP contribution in [0.5, 0.6) is 17.2 Å². The Morgan fingerprint density at radius 1 is 0.929 bits per heavy atom. The molecule has 0 unspecified atom stereocenters.